The molecule has 3 aromatic rings. The molecule has 156 valence electrons. The van der Waals surface area contributed by atoms with E-state index in [1.807, 2.05) is 0 Å². The fourth-order valence-electron chi connectivity index (χ4n) is 5.23. The van der Waals surface area contributed by atoms with Crippen LogP contribution in [0.4, 0.5) is 5.69 Å². The van der Waals surface area contributed by atoms with E-state index in [0.717, 1.165) is 0 Å². The zero-order chi connectivity index (χ0) is 21.8. The minimum atomic E-state index is -2.08. The normalized spacial score (nSPS) is 30.2. The molecule has 3 aliphatic rings. The third-order valence-corrected chi connectivity index (χ3v) is 7.03. The Bertz CT molecular complexity index is 1390. The molecule has 0 aliphatic carbocycles. The predicted molar refractivity (Wildman–Crippen MR) is 111 cm³/mol. The number of para-hydroxylation sites is 2. The number of ketones is 1. The summed E-state index contributed by atoms with van der Waals surface area (Å²) < 4.78 is 7.41. The van der Waals surface area contributed by atoms with Crippen LogP contribution in [0.1, 0.15) is 42.5 Å². The minimum Gasteiger partial charge on any atom is -0.363 e. The van der Waals surface area contributed by atoms with Gasteiger partial charge in [0.15, 0.2) is 11.4 Å². The lowest BCUT2D eigenvalue weighted by atomic mass is 9.72. The molecule has 4 heterocycles. The van der Waals surface area contributed by atoms with E-state index in [2.05, 4.69) is 10.3 Å². The summed E-state index contributed by atoms with van der Waals surface area (Å²) in [4.78, 5) is 44.5. The van der Waals surface area contributed by atoms with Crippen LogP contribution < -0.4 is 10.9 Å². The first kappa shape index (κ1) is 18.4. The molecule has 1 aromatic heterocycles. The Morgan fingerprint density at radius 3 is 2.61 bits per heavy atom. The van der Waals surface area contributed by atoms with Crippen molar-refractivity contribution in [2.24, 2.45) is 5.41 Å². The van der Waals surface area contributed by atoms with Crippen LogP contribution in [0.2, 0.25) is 0 Å². The molecule has 1 spiro atoms. The number of hydrogen-bond donors (Lipinski definition) is 2. The zero-order valence-electron chi connectivity index (χ0n) is 16.9. The number of aromatic nitrogens is 2. The van der Waals surface area contributed by atoms with Crippen molar-refractivity contribution < 1.29 is 19.4 Å². The smallest absolute Gasteiger partial charge is 0.262 e. The molecule has 6 rings (SSSR count). The number of hydrogen-bond acceptors (Lipinski definition) is 6. The van der Waals surface area contributed by atoms with Gasteiger partial charge in [-0.1, -0.05) is 30.3 Å². The number of carbonyl (C=O) groups is 2. The highest BCUT2D eigenvalue weighted by atomic mass is 16.7. The van der Waals surface area contributed by atoms with Gasteiger partial charge in [-0.25, -0.2) is 4.98 Å². The van der Waals surface area contributed by atoms with Crippen LogP contribution in [0.5, 0.6) is 0 Å². The average Bonchev–Trinajstić information content (AvgIpc) is 3.22. The summed E-state index contributed by atoms with van der Waals surface area (Å²) in [5.41, 5.74) is -1.83. The number of ether oxygens (including phenoxy) is 1. The van der Waals surface area contributed by atoms with Crippen LogP contribution in [0.15, 0.2) is 53.3 Å². The number of carbonyl (C=O) groups excluding carboxylic acids is 2. The van der Waals surface area contributed by atoms with Gasteiger partial charge >= 0.3 is 0 Å². The van der Waals surface area contributed by atoms with Gasteiger partial charge < -0.3 is 15.2 Å². The van der Waals surface area contributed by atoms with Gasteiger partial charge in [0.25, 0.3) is 11.5 Å². The lowest BCUT2D eigenvalue weighted by Gasteiger charge is -2.46. The van der Waals surface area contributed by atoms with E-state index in [1.165, 1.54) is 4.57 Å². The summed E-state index contributed by atoms with van der Waals surface area (Å²) in [6, 6.07) is 12.9. The summed E-state index contributed by atoms with van der Waals surface area (Å²) >= 11 is 0. The number of fused-ring (bicyclic) bond motifs is 6. The van der Waals surface area contributed by atoms with Crippen molar-refractivity contribution in [2.45, 2.75) is 37.7 Å². The molecule has 1 saturated heterocycles. The summed E-state index contributed by atoms with van der Waals surface area (Å²) in [6.45, 7) is 3.12. The quantitative estimate of drug-likeness (QED) is 0.580. The number of amides is 1. The molecule has 3 atom stereocenters. The maximum atomic E-state index is 13.4. The summed E-state index contributed by atoms with van der Waals surface area (Å²) in [5.74, 6) is -3.06. The largest absolute Gasteiger partial charge is 0.363 e. The number of nitrogens with one attached hydrogen (secondary N) is 1. The second-order valence-corrected chi connectivity index (χ2v) is 8.93. The van der Waals surface area contributed by atoms with Crippen LogP contribution >= 0.6 is 0 Å². The lowest BCUT2D eigenvalue weighted by molar-refractivity contribution is -0.276. The summed E-state index contributed by atoms with van der Waals surface area (Å²) in [5, 5.41) is 14.9. The number of Topliss-reactive ketones (excluding diaryl/α,β-unsaturated/α-hetero) is 1. The van der Waals surface area contributed by atoms with Gasteiger partial charge in [-0.3, -0.25) is 19.0 Å². The minimum absolute atomic E-state index is 0.00398. The van der Waals surface area contributed by atoms with Crippen LogP contribution in [0, 0.1) is 5.41 Å². The number of rotatable bonds is 0. The molecule has 0 unspecified atom stereocenters. The SMILES string of the molecule is CC1(C)C(=O)c2nc3ccccc3c(=O)n2[C@@H]2C[C@@]3(O[C@@]21O)C(=O)Nc1ccccc13. The second kappa shape index (κ2) is 5.46. The summed E-state index contributed by atoms with van der Waals surface area (Å²) in [7, 11) is 0. The molecular formula is C23H19N3O5. The van der Waals surface area contributed by atoms with E-state index in [-0.39, 0.29) is 12.2 Å². The molecule has 1 amide bonds. The molecule has 31 heavy (non-hydrogen) atoms. The summed E-state index contributed by atoms with van der Waals surface area (Å²) in [6.07, 6.45) is -0.00398. The second-order valence-electron chi connectivity index (χ2n) is 8.93. The maximum absolute atomic E-state index is 13.4. The third-order valence-electron chi connectivity index (χ3n) is 7.03. The molecule has 0 radical (unpaired) electrons. The molecule has 1 fully saturated rings. The molecule has 8 heteroatoms. The fourth-order valence-corrected chi connectivity index (χ4v) is 5.23. The van der Waals surface area contributed by atoms with E-state index in [1.54, 1.807) is 62.4 Å². The maximum Gasteiger partial charge on any atom is 0.262 e. The standard InChI is InChI=1S/C23H19N3O5/c1-21(2)17(27)18-24-14-9-5-3-7-12(14)19(28)26(18)16-11-22(31-23(16,21)30)13-8-4-6-10-15(13)25-20(22)29/h3-10,16,30H,11H2,1-2H3,(H,25,29)/t16-,22+,23+/m1/s1. The first-order chi connectivity index (χ1) is 14.7. The van der Waals surface area contributed by atoms with Crippen LogP contribution in [-0.4, -0.2) is 32.1 Å². The first-order valence-electron chi connectivity index (χ1n) is 10.1. The third kappa shape index (κ3) is 1.97. The van der Waals surface area contributed by atoms with Crippen molar-refractivity contribution in [3.05, 3.63) is 70.3 Å². The van der Waals surface area contributed by atoms with Crippen molar-refractivity contribution in [1.29, 1.82) is 0 Å². The average molecular weight is 417 g/mol. The highest BCUT2D eigenvalue weighted by molar-refractivity contribution is 6.06. The van der Waals surface area contributed by atoms with Crippen molar-refractivity contribution >= 4 is 28.3 Å². The zero-order valence-corrected chi connectivity index (χ0v) is 16.9. The van der Waals surface area contributed by atoms with E-state index >= 15 is 0 Å². The van der Waals surface area contributed by atoms with Gasteiger partial charge in [0.2, 0.25) is 11.6 Å². The molecule has 0 saturated carbocycles. The lowest BCUT2D eigenvalue weighted by Crippen LogP contribution is -2.60. The number of nitrogens with zero attached hydrogens (tertiary/aromatic N) is 2. The van der Waals surface area contributed by atoms with Crippen LogP contribution in [-0.2, 0) is 15.1 Å². The Morgan fingerprint density at radius 1 is 1.10 bits per heavy atom. The molecular weight excluding hydrogens is 398 g/mol. The number of benzene rings is 2. The topological polar surface area (TPSA) is 111 Å². The Kier molecular flexibility index (Phi) is 3.24. The van der Waals surface area contributed by atoms with E-state index < -0.39 is 40.1 Å². The Morgan fingerprint density at radius 2 is 1.81 bits per heavy atom. The van der Waals surface area contributed by atoms with Gasteiger partial charge in [-0.15, -0.1) is 0 Å². The fraction of sp³-hybridized carbons (Fsp3) is 0.304. The van der Waals surface area contributed by atoms with Gasteiger partial charge in [0.1, 0.15) is 0 Å². The molecule has 3 aliphatic heterocycles. The predicted octanol–water partition coefficient (Wildman–Crippen LogP) is 2.12. The van der Waals surface area contributed by atoms with Gasteiger partial charge in [-0.2, -0.15) is 0 Å². The molecule has 0 bridgehead atoms. The first-order valence-corrected chi connectivity index (χ1v) is 10.1. The Labute approximate surface area is 176 Å². The number of anilines is 1. The van der Waals surface area contributed by atoms with Crippen LogP contribution in [0.3, 0.4) is 0 Å². The van der Waals surface area contributed by atoms with Crippen molar-refractivity contribution in [2.75, 3.05) is 5.32 Å². The molecule has 2 aromatic carbocycles. The monoisotopic (exact) mass is 417 g/mol. The van der Waals surface area contributed by atoms with E-state index in [4.69, 9.17) is 4.74 Å². The van der Waals surface area contributed by atoms with E-state index in [0.29, 0.717) is 22.2 Å². The Hall–Kier alpha value is -3.36. The van der Waals surface area contributed by atoms with Gasteiger partial charge in [0.05, 0.1) is 22.4 Å². The van der Waals surface area contributed by atoms with Crippen molar-refractivity contribution in [1.82, 2.24) is 9.55 Å². The van der Waals surface area contributed by atoms with Gasteiger partial charge in [0, 0.05) is 17.7 Å². The highest BCUT2D eigenvalue weighted by Gasteiger charge is 2.71. The van der Waals surface area contributed by atoms with Crippen molar-refractivity contribution in [3.8, 4) is 0 Å². The highest BCUT2D eigenvalue weighted by Crippen LogP contribution is 2.61. The van der Waals surface area contributed by atoms with Gasteiger partial charge in [-0.05, 0) is 32.0 Å². The molecule has 2 N–H and O–H groups in total. The molecule has 8 nitrogen and oxygen atoms in total. The van der Waals surface area contributed by atoms with Crippen LogP contribution in [0.25, 0.3) is 10.9 Å². The van der Waals surface area contributed by atoms with Crippen molar-refractivity contribution in [3.63, 3.8) is 0 Å². The Balaban J connectivity index is 1.66. The van der Waals surface area contributed by atoms with E-state index in [9.17, 15) is 19.5 Å². The number of aliphatic hydroxyl groups is 1.